The van der Waals surface area contributed by atoms with E-state index in [0.29, 0.717) is 18.5 Å². The highest BCUT2D eigenvalue weighted by Crippen LogP contribution is 2.36. The minimum Gasteiger partial charge on any atom is -0.387 e. The Morgan fingerprint density at radius 1 is 1.31 bits per heavy atom. The maximum absolute atomic E-state index is 10.5. The van der Waals surface area contributed by atoms with Crippen LogP contribution in [0.4, 0.5) is 0 Å². The number of likely N-dealkylation sites (tertiary alicyclic amines) is 1. The van der Waals surface area contributed by atoms with Crippen LogP contribution < -0.4 is 0 Å². The highest BCUT2D eigenvalue weighted by atomic mass is 16.3. The summed E-state index contributed by atoms with van der Waals surface area (Å²) in [6.07, 6.45) is 6.20. The summed E-state index contributed by atoms with van der Waals surface area (Å²) in [5.41, 5.74) is 2.30. The fourth-order valence-electron chi connectivity index (χ4n) is 4.32. The van der Waals surface area contributed by atoms with Crippen molar-refractivity contribution in [1.82, 2.24) is 19.6 Å². The van der Waals surface area contributed by atoms with E-state index < -0.39 is 6.10 Å². The van der Waals surface area contributed by atoms with Crippen LogP contribution in [0.3, 0.4) is 0 Å². The van der Waals surface area contributed by atoms with Crippen LogP contribution in [0.25, 0.3) is 0 Å². The van der Waals surface area contributed by atoms with Gasteiger partial charge < -0.3 is 10.0 Å². The Morgan fingerprint density at radius 2 is 2.08 bits per heavy atom. The number of aryl methyl sites for hydroxylation is 1. The molecule has 2 aromatic rings. The molecule has 1 aromatic heterocycles. The van der Waals surface area contributed by atoms with E-state index in [0.717, 1.165) is 25.2 Å². The second-order valence-corrected chi connectivity index (χ2v) is 7.57. The average molecular weight is 357 g/mol. The van der Waals surface area contributed by atoms with Gasteiger partial charge in [-0.1, -0.05) is 37.3 Å². The number of nitrogens with zero attached hydrogens (tertiary/aromatic N) is 4. The minimum absolute atomic E-state index is 0.416. The highest BCUT2D eigenvalue weighted by Gasteiger charge is 2.33. The number of aliphatic hydroxyl groups excluding tert-OH is 1. The molecule has 3 atom stereocenters. The summed E-state index contributed by atoms with van der Waals surface area (Å²) in [5.74, 6) is 0.556. The van der Waals surface area contributed by atoms with Gasteiger partial charge in [0.2, 0.25) is 0 Å². The molecule has 3 rings (SSSR count). The molecule has 1 saturated heterocycles. The SMILES string of the molecule is CCN1CCC[C@@H](CN(C)C[C@@H](O)c2ccccc2)[C@@H]1c1cnn(C)c1. The van der Waals surface area contributed by atoms with Gasteiger partial charge in [-0.05, 0) is 44.5 Å². The number of likely N-dealkylation sites (N-methyl/N-ethyl adjacent to an activating group) is 1. The van der Waals surface area contributed by atoms with Gasteiger partial charge in [-0.3, -0.25) is 9.58 Å². The first-order chi connectivity index (χ1) is 12.6. The molecular weight excluding hydrogens is 324 g/mol. The zero-order valence-electron chi connectivity index (χ0n) is 16.3. The molecule has 0 amide bonds. The Bertz CT molecular complexity index is 672. The lowest BCUT2D eigenvalue weighted by molar-refractivity contribution is 0.0597. The van der Waals surface area contributed by atoms with E-state index in [9.17, 15) is 5.11 Å². The number of aromatic nitrogens is 2. The summed E-state index contributed by atoms with van der Waals surface area (Å²) in [6, 6.07) is 10.4. The smallest absolute Gasteiger partial charge is 0.0916 e. The molecular formula is C21H32N4O. The normalized spacial score (nSPS) is 22.7. The van der Waals surface area contributed by atoms with E-state index in [1.54, 1.807) is 0 Å². The van der Waals surface area contributed by atoms with Gasteiger partial charge in [0.05, 0.1) is 12.3 Å². The van der Waals surface area contributed by atoms with Gasteiger partial charge in [0.1, 0.15) is 0 Å². The van der Waals surface area contributed by atoms with E-state index >= 15 is 0 Å². The molecule has 0 saturated carbocycles. The molecule has 1 aliphatic rings. The van der Waals surface area contributed by atoms with E-state index in [2.05, 4.69) is 35.1 Å². The molecule has 142 valence electrons. The van der Waals surface area contributed by atoms with E-state index in [1.807, 2.05) is 48.3 Å². The Hall–Kier alpha value is -1.69. The summed E-state index contributed by atoms with van der Waals surface area (Å²) >= 11 is 0. The number of benzene rings is 1. The standard InChI is InChI=1S/C21H32N4O/c1-4-25-12-8-11-18(21(25)19-13-22-24(3)15-19)14-23(2)16-20(26)17-9-6-5-7-10-17/h5-7,9-10,13,15,18,20-21,26H,4,8,11-12,14,16H2,1-3H3/t18-,20+,21+/m0/s1. The monoisotopic (exact) mass is 356 g/mol. The van der Waals surface area contributed by atoms with Crippen LogP contribution in [0.15, 0.2) is 42.7 Å². The van der Waals surface area contributed by atoms with Crippen molar-refractivity contribution in [1.29, 1.82) is 0 Å². The maximum Gasteiger partial charge on any atom is 0.0916 e. The van der Waals surface area contributed by atoms with Crippen LogP contribution >= 0.6 is 0 Å². The average Bonchev–Trinajstić information content (AvgIpc) is 3.08. The van der Waals surface area contributed by atoms with Gasteiger partial charge in [0, 0.05) is 37.9 Å². The zero-order chi connectivity index (χ0) is 18.5. The van der Waals surface area contributed by atoms with Crippen molar-refractivity contribution in [2.45, 2.75) is 31.9 Å². The zero-order valence-corrected chi connectivity index (χ0v) is 16.3. The minimum atomic E-state index is -0.441. The quantitative estimate of drug-likeness (QED) is 0.829. The van der Waals surface area contributed by atoms with Crippen LogP contribution in [0.5, 0.6) is 0 Å². The van der Waals surface area contributed by atoms with Crippen molar-refractivity contribution in [2.75, 3.05) is 33.2 Å². The van der Waals surface area contributed by atoms with E-state index in [-0.39, 0.29) is 0 Å². The van der Waals surface area contributed by atoms with Crippen LogP contribution in [0.1, 0.15) is 43.0 Å². The molecule has 0 unspecified atom stereocenters. The lowest BCUT2D eigenvalue weighted by atomic mass is 9.85. The number of hydrogen-bond donors (Lipinski definition) is 1. The van der Waals surface area contributed by atoms with E-state index in [1.165, 1.54) is 18.4 Å². The molecule has 26 heavy (non-hydrogen) atoms. The maximum atomic E-state index is 10.5. The lowest BCUT2D eigenvalue weighted by Gasteiger charge is -2.42. The Kier molecular flexibility index (Phi) is 6.46. The lowest BCUT2D eigenvalue weighted by Crippen LogP contribution is -2.43. The Balaban J connectivity index is 1.67. The van der Waals surface area contributed by atoms with Gasteiger partial charge in [0.15, 0.2) is 0 Å². The first-order valence-electron chi connectivity index (χ1n) is 9.72. The predicted molar refractivity (Wildman–Crippen MR) is 105 cm³/mol. The number of piperidine rings is 1. The van der Waals surface area contributed by atoms with Crippen LogP contribution in [0.2, 0.25) is 0 Å². The van der Waals surface area contributed by atoms with E-state index in [4.69, 9.17) is 0 Å². The Morgan fingerprint density at radius 3 is 2.73 bits per heavy atom. The number of rotatable bonds is 7. The van der Waals surface area contributed by atoms with Crippen molar-refractivity contribution >= 4 is 0 Å². The number of aliphatic hydroxyl groups is 1. The van der Waals surface area contributed by atoms with Gasteiger partial charge in [-0.15, -0.1) is 0 Å². The molecule has 1 aliphatic heterocycles. The topological polar surface area (TPSA) is 44.5 Å². The summed E-state index contributed by atoms with van der Waals surface area (Å²) in [7, 11) is 4.11. The van der Waals surface area contributed by atoms with Crippen molar-refractivity contribution in [3.63, 3.8) is 0 Å². The summed E-state index contributed by atoms with van der Waals surface area (Å²) in [4.78, 5) is 4.86. The first-order valence-corrected chi connectivity index (χ1v) is 9.72. The summed E-state index contributed by atoms with van der Waals surface area (Å²) in [5, 5.41) is 14.9. The van der Waals surface area contributed by atoms with Gasteiger partial charge >= 0.3 is 0 Å². The fraction of sp³-hybridized carbons (Fsp3) is 0.571. The van der Waals surface area contributed by atoms with Crippen molar-refractivity contribution in [3.8, 4) is 0 Å². The molecule has 1 aromatic carbocycles. The third kappa shape index (κ3) is 4.53. The molecule has 0 radical (unpaired) electrons. The first kappa shape index (κ1) is 19.1. The van der Waals surface area contributed by atoms with Crippen LogP contribution in [0, 0.1) is 5.92 Å². The highest BCUT2D eigenvalue weighted by molar-refractivity contribution is 5.17. The molecule has 0 aliphatic carbocycles. The second-order valence-electron chi connectivity index (χ2n) is 7.57. The largest absolute Gasteiger partial charge is 0.387 e. The summed E-state index contributed by atoms with van der Waals surface area (Å²) < 4.78 is 1.90. The molecule has 1 fully saturated rings. The van der Waals surface area contributed by atoms with Gasteiger partial charge in [-0.2, -0.15) is 5.10 Å². The Labute approximate surface area is 157 Å². The summed E-state index contributed by atoms with van der Waals surface area (Å²) in [6.45, 7) is 6.11. The molecule has 5 nitrogen and oxygen atoms in total. The van der Waals surface area contributed by atoms with Crippen molar-refractivity contribution in [3.05, 3.63) is 53.9 Å². The fourth-order valence-corrected chi connectivity index (χ4v) is 4.32. The van der Waals surface area contributed by atoms with Crippen LogP contribution in [-0.4, -0.2) is 57.9 Å². The molecule has 5 heteroatoms. The molecule has 0 bridgehead atoms. The van der Waals surface area contributed by atoms with Gasteiger partial charge in [-0.25, -0.2) is 0 Å². The molecule has 2 heterocycles. The molecule has 1 N–H and O–H groups in total. The van der Waals surface area contributed by atoms with Crippen molar-refractivity contribution < 1.29 is 5.11 Å². The third-order valence-electron chi connectivity index (χ3n) is 5.55. The predicted octanol–water partition coefficient (Wildman–Crippen LogP) is 2.86. The number of hydrogen-bond acceptors (Lipinski definition) is 4. The van der Waals surface area contributed by atoms with Gasteiger partial charge in [0.25, 0.3) is 0 Å². The molecule has 0 spiro atoms. The van der Waals surface area contributed by atoms with Crippen molar-refractivity contribution in [2.24, 2.45) is 13.0 Å². The third-order valence-corrected chi connectivity index (χ3v) is 5.55. The van der Waals surface area contributed by atoms with Crippen LogP contribution in [-0.2, 0) is 7.05 Å². The second kappa shape index (κ2) is 8.80.